The van der Waals surface area contributed by atoms with Crippen LogP contribution in [0.5, 0.6) is 0 Å². The number of benzene rings is 1. The first-order valence-electron chi connectivity index (χ1n) is 8.81. The van der Waals surface area contributed by atoms with Gasteiger partial charge in [-0.15, -0.1) is 0 Å². The molecule has 1 aromatic rings. The van der Waals surface area contributed by atoms with Gasteiger partial charge < -0.3 is 9.84 Å². The molecule has 1 saturated carbocycles. The zero-order valence-electron chi connectivity index (χ0n) is 16.1. The Balaban J connectivity index is 2.30. The van der Waals surface area contributed by atoms with Crippen LogP contribution in [-0.2, 0) is 16.0 Å². The molecular formula is C20H25IN2O4. The number of carbonyl (C=O) groups excluding carboxylic acids is 2. The van der Waals surface area contributed by atoms with Crippen LogP contribution in [-0.4, -0.2) is 40.4 Å². The molecule has 1 aliphatic carbocycles. The maximum Gasteiger partial charge on any atom is 0.430 e. The molecule has 0 radical (unpaired) electrons. The van der Waals surface area contributed by atoms with E-state index in [4.69, 9.17) is 4.74 Å². The maximum absolute atomic E-state index is 12.4. The van der Waals surface area contributed by atoms with Crippen molar-refractivity contribution in [1.82, 2.24) is 5.01 Å². The van der Waals surface area contributed by atoms with Crippen molar-refractivity contribution >= 4 is 40.2 Å². The maximum atomic E-state index is 12.4. The number of nitrogens with zero attached hydrogens (tertiary/aromatic N) is 2. The summed E-state index contributed by atoms with van der Waals surface area (Å²) in [6.07, 6.45) is 1.16. The third-order valence-electron chi connectivity index (χ3n) is 3.86. The Morgan fingerprint density at radius 2 is 2.04 bits per heavy atom. The number of aliphatic hydroxyl groups is 1. The molecule has 0 saturated heterocycles. The van der Waals surface area contributed by atoms with E-state index in [1.54, 1.807) is 20.8 Å². The molecule has 7 heteroatoms. The minimum absolute atomic E-state index is 0.0157. The van der Waals surface area contributed by atoms with Crippen molar-refractivity contribution in [1.29, 1.82) is 0 Å². The number of aliphatic hydroxyl groups excluding tert-OH is 1. The number of allylic oxidation sites excluding steroid dienone is 2. The second-order valence-electron chi connectivity index (χ2n) is 7.46. The Labute approximate surface area is 173 Å². The van der Waals surface area contributed by atoms with Crippen molar-refractivity contribution in [3.63, 3.8) is 0 Å². The van der Waals surface area contributed by atoms with Crippen LogP contribution in [0, 0.1) is 3.57 Å². The van der Waals surface area contributed by atoms with Crippen LogP contribution >= 0.6 is 22.6 Å². The number of hydrazone groups is 1. The van der Waals surface area contributed by atoms with Crippen LogP contribution in [0.4, 0.5) is 4.79 Å². The molecule has 0 atom stereocenters. The van der Waals surface area contributed by atoms with Gasteiger partial charge in [0.25, 0.3) is 0 Å². The van der Waals surface area contributed by atoms with Gasteiger partial charge in [-0.05, 0) is 73.9 Å². The molecule has 0 aliphatic heterocycles. The molecule has 27 heavy (non-hydrogen) atoms. The summed E-state index contributed by atoms with van der Waals surface area (Å²) < 4.78 is 6.34. The van der Waals surface area contributed by atoms with Gasteiger partial charge in [-0.25, -0.2) is 9.80 Å². The molecular weight excluding hydrogens is 459 g/mol. The lowest BCUT2D eigenvalue weighted by Crippen LogP contribution is -2.33. The second kappa shape index (κ2) is 8.86. The van der Waals surface area contributed by atoms with Crippen molar-refractivity contribution in [2.24, 2.45) is 5.10 Å². The number of hydrogen-bond donors (Lipinski definition) is 1. The lowest BCUT2D eigenvalue weighted by atomic mass is 9.89. The number of halogens is 1. The predicted octanol–water partition coefficient (Wildman–Crippen LogP) is 4.62. The molecule has 0 unspecified atom stereocenters. The van der Waals surface area contributed by atoms with Crippen LogP contribution in [0.25, 0.3) is 0 Å². The van der Waals surface area contributed by atoms with Crippen molar-refractivity contribution in [2.75, 3.05) is 7.05 Å². The van der Waals surface area contributed by atoms with Gasteiger partial charge in [0, 0.05) is 23.5 Å². The number of ketones is 1. The zero-order valence-corrected chi connectivity index (χ0v) is 18.2. The largest absolute Gasteiger partial charge is 0.511 e. The number of rotatable bonds is 3. The predicted molar refractivity (Wildman–Crippen MR) is 113 cm³/mol. The van der Waals surface area contributed by atoms with Crippen LogP contribution < -0.4 is 0 Å². The van der Waals surface area contributed by atoms with Gasteiger partial charge in [0.1, 0.15) is 11.4 Å². The van der Waals surface area contributed by atoms with Gasteiger partial charge in [0.05, 0.1) is 11.3 Å². The SMILES string of the molecule is CN(N=C1CCCC(=O)C1=C(O)Cc1cccc(I)c1)C(=O)OC(C)(C)C. The van der Waals surface area contributed by atoms with Crippen molar-refractivity contribution < 1.29 is 19.4 Å². The highest BCUT2D eigenvalue weighted by atomic mass is 127. The Bertz CT molecular complexity index is 793. The lowest BCUT2D eigenvalue weighted by molar-refractivity contribution is -0.115. The molecule has 6 nitrogen and oxygen atoms in total. The average molecular weight is 484 g/mol. The fraction of sp³-hybridized carbons (Fsp3) is 0.450. The van der Waals surface area contributed by atoms with Crippen molar-refractivity contribution in [2.45, 2.75) is 52.1 Å². The zero-order chi connectivity index (χ0) is 20.2. The quantitative estimate of drug-likeness (QED) is 0.294. The van der Waals surface area contributed by atoms with Crippen LogP contribution in [0.1, 0.15) is 45.6 Å². The molecule has 1 N–H and O–H groups in total. The highest BCUT2D eigenvalue weighted by Gasteiger charge is 2.27. The summed E-state index contributed by atoms with van der Waals surface area (Å²) in [4.78, 5) is 24.6. The Morgan fingerprint density at radius 3 is 2.67 bits per heavy atom. The van der Waals surface area contributed by atoms with E-state index in [9.17, 15) is 14.7 Å². The molecule has 1 aromatic carbocycles. The van der Waals surface area contributed by atoms with Gasteiger partial charge in [0.2, 0.25) is 0 Å². The number of amides is 1. The topological polar surface area (TPSA) is 79.2 Å². The van der Waals surface area contributed by atoms with Crippen LogP contribution in [0.15, 0.2) is 40.7 Å². The molecule has 1 aliphatic rings. The molecule has 1 amide bonds. The van der Waals surface area contributed by atoms with E-state index in [1.807, 2.05) is 24.3 Å². The standard InChI is InChI=1S/C20H25IN2O4/c1-20(2,3)27-19(26)23(4)22-15-9-6-10-16(24)18(15)17(25)12-13-7-5-8-14(21)11-13/h5,7-8,11,25H,6,9-10,12H2,1-4H3. The van der Waals surface area contributed by atoms with Gasteiger partial charge in [-0.2, -0.15) is 5.10 Å². The third-order valence-corrected chi connectivity index (χ3v) is 4.53. The smallest absolute Gasteiger partial charge is 0.430 e. The van der Waals surface area contributed by atoms with Crippen LogP contribution in [0.2, 0.25) is 0 Å². The van der Waals surface area contributed by atoms with Gasteiger partial charge in [-0.1, -0.05) is 12.1 Å². The van der Waals surface area contributed by atoms with Crippen molar-refractivity contribution in [3.8, 4) is 0 Å². The number of Topliss-reactive ketones (excluding diaryl/α,β-unsaturated/α-hetero) is 1. The van der Waals surface area contributed by atoms with Crippen molar-refractivity contribution in [3.05, 3.63) is 44.7 Å². The number of ether oxygens (including phenoxy) is 1. The van der Waals surface area contributed by atoms with E-state index < -0.39 is 11.7 Å². The molecule has 0 heterocycles. The van der Waals surface area contributed by atoms with E-state index in [1.165, 1.54) is 7.05 Å². The van der Waals surface area contributed by atoms with Gasteiger partial charge in [0.15, 0.2) is 5.78 Å². The molecule has 0 spiro atoms. The fourth-order valence-corrected chi connectivity index (χ4v) is 3.34. The first kappa shape index (κ1) is 21.4. The van der Waals surface area contributed by atoms with Gasteiger partial charge >= 0.3 is 6.09 Å². The van der Waals surface area contributed by atoms with E-state index in [0.29, 0.717) is 25.0 Å². The van der Waals surface area contributed by atoms with E-state index in [2.05, 4.69) is 27.7 Å². The molecule has 0 aromatic heterocycles. The fourth-order valence-electron chi connectivity index (χ4n) is 2.73. The first-order valence-corrected chi connectivity index (χ1v) is 9.89. The summed E-state index contributed by atoms with van der Waals surface area (Å²) in [5, 5.41) is 16.0. The monoisotopic (exact) mass is 484 g/mol. The summed E-state index contributed by atoms with van der Waals surface area (Å²) in [6, 6.07) is 7.72. The summed E-state index contributed by atoms with van der Waals surface area (Å²) in [7, 11) is 1.48. The Hall–Kier alpha value is -1.90. The Kier molecular flexibility index (Phi) is 7.02. The van der Waals surface area contributed by atoms with Crippen LogP contribution in [0.3, 0.4) is 0 Å². The highest BCUT2D eigenvalue weighted by Crippen LogP contribution is 2.23. The normalized spacial score (nSPS) is 18.4. The van der Waals surface area contributed by atoms with E-state index in [-0.39, 0.29) is 23.5 Å². The van der Waals surface area contributed by atoms with Gasteiger partial charge in [-0.3, -0.25) is 4.79 Å². The summed E-state index contributed by atoms with van der Waals surface area (Å²) >= 11 is 2.20. The molecule has 146 valence electrons. The summed E-state index contributed by atoms with van der Waals surface area (Å²) in [6.45, 7) is 5.32. The number of carbonyl (C=O) groups is 2. The minimum atomic E-state index is -0.640. The molecule has 0 bridgehead atoms. The van der Waals surface area contributed by atoms with E-state index >= 15 is 0 Å². The summed E-state index contributed by atoms with van der Waals surface area (Å²) in [5.41, 5.74) is 0.905. The minimum Gasteiger partial charge on any atom is -0.511 e. The second-order valence-corrected chi connectivity index (χ2v) is 8.70. The molecule has 1 fully saturated rings. The summed E-state index contributed by atoms with van der Waals surface area (Å²) in [5.74, 6) is -0.168. The third kappa shape index (κ3) is 6.34. The number of hydrogen-bond acceptors (Lipinski definition) is 5. The lowest BCUT2D eigenvalue weighted by Gasteiger charge is -2.24. The van der Waals surface area contributed by atoms with E-state index in [0.717, 1.165) is 14.1 Å². The Morgan fingerprint density at radius 1 is 1.33 bits per heavy atom. The average Bonchev–Trinajstić information content (AvgIpc) is 2.53. The molecule has 2 rings (SSSR count). The highest BCUT2D eigenvalue weighted by molar-refractivity contribution is 14.1. The first-order chi connectivity index (χ1) is 12.6.